The van der Waals surface area contributed by atoms with Crippen LogP contribution in [0.5, 0.6) is 5.75 Å². The van der Waals surface area contributed by atoms with E-state index < -0.39 is 0 Å². The van der Waals surface area contributed by atoms with Gasteiger partial charge in [0.2, 0.25) is 0 Å². The lowest BCUT2D eigenvalue weighted by Gasteiger charge is -2.07. The van der Waals surface area contributed by atoms with Crippen molar-refractivity contribution in [3.05, 3.63) is 29.0 Å². The molecular weight excluding hydrogens is 306 g/mol. The van der Waals surface area contributed by atoms with Crippen LogP contribution < -0.4 is 10.5 Å². The van der Waals surface area contributed by atoms with Gasteiger partial charge in [0, 0.05) is 12.1 Å². The van der Waals surface area contributed by atoms with Crippen LogP contribution in [-0.4, -0.2) is 16.7 Å². The second-order valence-corrected chi connectivity index (χ2v) is 5.23. The van der Waals surface area contributed by atoms with Gasteiger partial charge in [-0.05, 0) is 40.5 Å². The summed E-state index contributed by atoms with van der Waals surface area (Å²) in [6.45, 7) is 3.07. The molecule has 0 aliphatic rings. The van der Waals surface area contributed by atoms with E-state index in [0.29, 0.717) is 5.82 Å². The molecule has 0 saturated heterocycles. The van der Waals surface area contributed by atoms with Crippen LogP contribution in [0, 0.1) is 0 Å². The molecule has 1 aromatic carbocycles. The van der Waals surface area contributed by atoms with Gasteiger partial charge in [0.15, 0.2) is 0 Å². The lowest BCUT2D eigenvalue weighted by molar-refractivity contribution is 0.412. The number of anilines is 1. The number of nitrogen functional groups attached to an aromatic ring is 1. The van der Waals surface area contributed by atoms with E-state index >= 15 is 0 Å². The average Bonchev–Trinajstić information content (AvgIpc) is 2.77. The topological polar surface area (TPSA) is 53.1 Å². The maximum atomic E-state index is 6.15. The predicted octanol–water partition coefficient (Wildman–Crippen LogP) is 3.70. The third-order valence-electron chi connectivity index (χ3n) is 3.06. The van der Waals surface area contributed by atoms with Crippen molar-refractivity contribution in [3.8, 4) is 17.0 Å². The SMILES string of the molecule is CCCCn1cnc(-c2ccc(OC)c(Br)c2)c1N. The van der Waals surface area contributed by atoms with Crippen molar-refractivity contribution in [2.45, 2.75) is 26.3 Å². The lowest BCUT2D eigenvalue weighted by atomic mass is 10.1. The molecule has 5 heteroatoms. The molecule has 2 rings (SSSR count). The fraction of sp³-hybridized carbons (Fsp3) is 0.357. The number of aromatic nitrogens is 2. The minimum Gasteiger partial charge on any atom is -0.496 e. The monoisotopic (exact) mass is 323 g/mol. The summed E-state index contributed by atoms with van der Waals surface area (Å²) < 4.78 is 8.12. The molecule has 0 aliphatic carbocycles. The van der Waals surface area contributed by atoms with Crippen molar-refractivity contribution in [1.29, 1.82) is 0 Å². The quantitative estimate of drug-likeness (QED) is 0.912. The molecule has 2 aromatic rings. The minimum atomic E-state index is 0.713. The summed E-state index contributed by atoms with van der Waals surface area (Å²) in [4.78, 5) is 4.41. The number of aryl methyl sites for hydroxylation is 1. The van der Waals surface area contributed by atoms with E-state index in [-0.39, 0.29) is 0 Å². The Balaban J connectivity index is 2.31. The molecule has 0 aliphatic heterocycles. The van der Waals surface area contributed by atoms with Gasteiger partial charge in [0.05, 0.1) is 17.9 Å². The van der Waals surface area contributed by atoms with Gasteiger partial charge in [-0.1, -0.05) is 13.3 Å². The van der Waals surface area contributed by atoms with Gasteiger partial charge < -0.3 is 15.0 Å². The van der Waals surface area contributed by atoms with Crippen LogP contribution in [-0.2, 0) is 6.54 Å². The molecule has 1 heterocycles. The summed E-state index contributed by atoms with van der Waals surface area (Å²) in [6, 6.07) is 5.85. The second kappa shape index (κ2) is 6.10. The first-order chi connectivity index (χ1) is 9.17. The summed E-state index contributed by atoms with van der Waals surface area (Å²) in [5, 5.41) is 0. The van der Waals surface area contributed by atoms with Gasteiger partial charge in [-0.2, -0.15) is 0 Å². The standard InChI is InChI=1S/C14H18BrN3O/c1-3-4-7-18-9-17-13(14(18)16)10-5-6-12(19-2)11(15)8-10/h5-6,8-9H,3-4,7,16H2,1-2H3. The van der Waals surface area contributed by atoms with Crippen LogP contribution in [0.4, 0.5) is 5.82 Å². The number of unbranched alkanes of at least 4 members (excludes halogenated alkanes) is 1. The number of benzene rings is 1. The number of ether oxygens (including phenoxy) is 1. The molecule has 0 atom stereocenters. The van der Waals surface area contributed by atoms with Crippen LogP contribution in [0.15, 0.2) is 29.0 Å². The Kier molecular flexibility index (Phi) is 4.47. The Bertz CT molecular complexity index is 566. The molecule has 0 spiro atoms. The Labute approximate surface area is 121 Å². The second-order valence-electron chi connectivity index (χ2n) is 4.37. The third kappa shape index (κ3) is 2.92. The number of nitrogens with zero attached hydrogens (tertiary/aromatic N) is 2. The van der Waals surface area contributed by atoms with E-state index in [9.17, 15) is 0 Å². The highest BCUT2D eigenvalue weighted by Crippen LogP contribution is 2.32. The Hall–Kier alpha value is -1.49. The molecule has 102 valence electrons. The van der Waals surface area contributed by atoms with Crippen molar-refractivity contribution in [2.24, 2.45) is 0 Å². The average molecular weight is 324 g/mol. The van der Waals surface area contributed by atoms with Crippen LogP contribution >= 0.6 is 15.9 Å². The number of methoxy groups -OCH3 is 1. The van der Waals surface area contributed by atoms with Gasteiger partial charge in [0.25, 0.3) is 0 Å². The van der Waals surface area contributed by atoms with Gasteiger partial charge in [-0.25, -0.2) is 4.98 Å². The van der Waals surface area contributed by atoms with Crippen LogP contribution in [0.25, 0.3) is 11.3 Å². The van der Waals surface area contributed by atoms with Gasteiger partial charge in [-0.15, -0.1) is 0 Å². The zero-order valence-corrected chi connectivity index (χ0v) is 12.8. The number of hydrogen-bond acceptors (Lipinski definition) is 3. The van der Waals surface area contributed by atoms with Crippen LogP contribution in [0.1, 0.15) is 19.8 Å². The lowest BCUT2D eigenvalue weighted by Crippen LogP contribution is -2.02. The molecule has 0 amide bonds. The first kappa shape index (κ1) is 13.9. The molecule has 0 saturated carbocycles. The predicted molar refractivity (Wildman–Crippen MR) is 81.2 cm³/mol. The normalized spacial score (nSPS) is 10.7. The zero-order chi connectivity index (χ0) is 13.8. The Morgan fingerprint density at radius 2 is 2.21 bits per heavy atom. The van der Waals surface area contributed by atoms with Gasteiger partial charge in [0.1, 0.15) is 17.3 Å². The summed E-state index contributed by atoms with van der Waals surface area (Å²) >= 11 is 3.48. The van der Waals surface area contributed by atoms with E-state index in [1.54, 1.807) is 13.4 Å². The van der Waals surface area contributed by atoms with E-state index in [1.807, 2.05) is 22.8 Å². The number of hydrogen-bond donors (Lipinski definition) is 1. The van der Waals surface area contributed by atoms with Crippen LogP contribution in [0.2, 0.25) is 0 Å². The number of nitrogens with two attached hydrogens (primary N) is 1. The molecule has 4 nitrogen and oxygen atoms in total. The molecule has 0 bridgehead atoms. The van der Waals surface area contributed by atoms with Crippen molar-refractivity contribution in [1.82, 2.24) is 9.55 Å². The van der Waals surface area contributed by atoms with E-state index in [4.69, 9.17) is 10.5 Å². The highest BCUT2D eigenvalue weighted by molar-refractivity contribution is 9.10. The summed E-state index contributed by atoms with van der Waals surface area (Å²) in [7, 11) is 1.65. The van der Waals surface area contributed by atoms with Crippen LogP contribution in [0.3, 0.4) is 0 Å². The van der Waals surface area contributed by atoms with Crippen molar-refractivity contribution in [3.63, 3.8) is 0 Å². The molecule has 1 aromatic heterocycles. The maximum absolute atomic E-state index is 6.15. The van der Waals surface area contributed by atoms with E-state index in [0.717, 1.165) is 40.9 Å². The van der Waals surface area contributed by atoms with E-state index in [1.165, 1.54) is 0 Å². The van der Waals surface area contributed by atoms with Crippen molar-refractivity contribution < 1.29 is 4.74 Å². The number of rotatable bonds is 5. The highest BCUT2D eigenvalue weighted by atomic mass is 79.9. The summed E-state index contributed by atoms with van der Waals surface area (Å²) in [5.74, 6) is 1.51. The van der Waals surface area contributed by atoms with Gasteiger partial charge >= 0.3 is 0 Å². The first-order valence-corrected chi connectivity index (χ1v) is 7.11. The molecule has 0 fully saturated rings. The summed E-state index contributed by atoms with van der Waals surface area (Å²) in [6.07, 6.45) is 4.05. The smallest absolute Gasteiger partial charge is 0.133 e. The minimum absolute atomic E-state index is 0.713. The summed E-state index contributed by atoms with van der Waals surface area (Å²) in [5.41, 5.74) is 7.96. The third-order valence-corrected chi connectivity index (χ3v) is 3.68. The van der Waals surface area contributed by atoms with E-state index in [2.05, 4.69) is 27.8 Å². The molecule has 2 N–H and O–H groups in total. The molecule has 19 heavy (non-hydrogen) atoms. The molecule has 0 unspecified atom stereocenters. The molecule has 0 radical (unpaired) electrons. The largest absolute Gasteiger partial charge is 0.496 e. The first-order valence-electron chi connectivity index (χ1n) is 6.32. The fourth-order valence-electron chi connectivity index (χ4n) is 1.93. The zero-order valence-electron chi connectivity index (χ0n) is 11.2. The Morgan fingerprint density at radius 3 is 2.84 bits per heavy atom. The number of halogens is 1. The molecular formula is C14H18BrN3O. The fourth-order valence-corrected chi connectivity index (χ4v) is 2.48. The van der Waals surface area contributed by atoms with Crippen molar-refractivity contribution in [2.75, 3.05) is 12.8 Å². The maximum Gasteiger partial charge on any atom is 0.133 e. The van der Waals surface area contributed by atoms with Crippen molar-refractivity contribution >= 4 is 21.7 Å². The highest BCUT2D eigenvalue weighted by Gasteiger charge is 2.11. The number of imidazole rings is 1. The Morgan fingerprint density at radius 1 is 1.42 bits per heavy atom. The van der Waals surface area contributed by atoms with Gasteiger partial charge in [-0.3, -0.25) is 0 Å².